The summed E-state index contributed by atoms with van der Waals surface area (Å²) in [5.74, 6) is 0.617. The van der Waals surface area contributed by atoms with E-state index in [1.54, 1.807) is 0 Å². The Balaban J connectivity index is 1.05. The van der Waals surface area contributed by atoms with Crippen molar-refractivity contribution in [3.8, 4) is 56.4 Å². The van der Waals surface area contributed by atoms with E-state index in [2.05, 4.69) is 204 Å². The maximum absolute atomic E-state index is 7.66. The van der Waals surface area contributed by atoms with Crippen LogP contribution in [0.5, 0.6) is 0 Å². The van der Waals surface area contributed by atoms with Gasteiger partial charge in [0.2, 0.25) is 5.95 Å². The molecular formula is C56H37N5. The van der Waals surface area contributed by atoms with Gasteiger partial charge in [-0.25, -0.2) is 14.8 Å². The second kappa shape index (κ2) is 13.2. The Morgan fingerprint density at radius 1 is 0.426 bits per heavy atom. The maximum atomic E-state index is 7.66. The lowest BCUT2D eigenvalue weighted by molar-refractivity contribution is 0.661. The van der Waals surface area contributed by atoms with Crippen LogP contribution in [-0.4, -0.2) is 19.1 Å². The third kappa shape index (κ3) is 5.32. The van der Waals surface area contributed by atoms with Crippen molar-refractivity contribution in [2.45, 2.75) is 19.3 Å². The van der Waals surface area contributed by atoms with Gasteiger partial charge in [0.25, 0.3) is 0 Å². The Morgan fingerprint density at radius 2 is 0.984 bits per heavy atom. The van der Waals surface area contributed by atoms with Crippen molar-refractivity contribution in [3.05, 3.63) is 211 Å². The van der Waals surface area contributed by atoms with Gasteiger partial charge in [-0.3, -0.25) is 4.57 Å². The molecule has 0 radical (unpaired) electrons. The van der Waals surface area contributed by atoms with Gasteiger partial charge in [-0.05, 0) is 88.0 Å². The predicted molar refractivity (Wildman–Crippen MR) is 251 cm³/mol. The number of nitrogens with zero attached hydrogens (tertiary/aromatic N) is 5. The summed E-state index contributed by atoms with van der Waals surface area (Å²) in [6, 6.07) is 66.8. The Morgan fingerprint density at radius 3 is 1.74 bits per heavy atom. The van der Waals surface area contributed by atoms with Crippen molar-refractivity contribution in [3.63, 3.8) is 0 Å². The molecule has 0 fully saturated rings. The van der Waals surface area contributed by atoms with E-state index in [0.29, 0.717) is 11.6 Å². The molecule has 3 heterocycles. The van der Waals surface area contributed by atoms with Crippen LogP contribution in [0.15, 0.2) is 188 Å². The first-order chi connectivity index (χ1) is 29.9. The van der Waals surface area contributed by atoms with Crippen molar-refractivity contribution >= 4 is 49.3 Å². The normalized spacial score (nSPS) is 12.9. The lowest BCUT2D eigenvalue weighted by Crippen LogP contribution is -2.15. The average Bonchev–Trinajstić information content (AvgIpc) is 3.91. The third-order valence-corrected chi connectivity index (χ3v) is 12.8. The summed E-state index contributed by atoms with van der Waals surface area (Å²) in [6.07, 6.45) is 0. The lowest BCUT2D eigenvalue weighted by atomic mass is 9.81. The van der Waals surface area contributed by atoms with Gasteiger partial charge in [-0.2, -0.15) is 0 Å². The molecule has 5 nitrogen and oxygen atoms in total. The molecule has 1 aliphatic carbocycles. The molecule has 1 aliphatic rings. The highest BCUT2D eigenvalue weighted by molar-refractivity contribution is 6.12. The first kappa shape index (κ1) is 34.9. The van der Waals surface area contributed by atoms with Crippen LogP contribution in [0.1, 0.15) is 25.0 Å². The van der Waals surface area contributed by atoms with Gasteiger partial charge in [-0.1, -0.05) is 147 Å². The molecule has 12 rings (SSSR count). The van der Waals surface area contributed by atoms with Gasteiger partial charge < -0.3 is 4.57 Å². The number of hydrogen-bond acceptors (Lipinski definition) is 2. The van der Waals surface area contributed by atoms with Gasteiger partial charge in [0, 0.05) is 43.8 Å². The third-order valence-electron chi connectivity index (χ3n) is 12.8. The number of aromatic nitrogens is 4. The van der Waals surface area contributed by atoms with Crippen molar-refractivity contribution in [1.29, 1.82) is 0 Å². The molecular weight excluding hydrogens is 743 g/mol. The molecule has 61 heavy (non-hydrogen) atoms. The lowest BCUT2D eigenvalue weighted by Gasteiger charge is -2.22. The van der Waals surface area contributed by atoms with Crippen molar-refractivity contribution in [2.24, 2.45) is 0 Å². The van der Waals surface area contributed by atoms with Gasteiger partial charge in [0.1, 0.15) is 0 Å². The van der Waals surface area contributed by atoms with Crippen LogP contribution < -0.4 is 0 Å². The Bertz CT molecular complexity index is 3620. The SMILES string of the molecule is [C-]#[N+]c1ccc2c(c1)C(C)(C)c1cc(-c3cc(-c4ccccc4)nc(-n4c5ccccc5c5ccc(-c6ccc7c(c6)c6ccccc6n7-c6ccccc6)cc54)n3)ccc1-2. The Kier molecular flexibility index (Phi) is 7.57. The van der Waals surface area contributed by atoms with E-state index >= 15 is 0 Å². The van der Waals surface area contributed by atoms with Crippen LogP contribution in [0.3, 0.4) is 0 Å². The molecule has 0 aliphatic heterocycles. The van der Waals surface area contributed by atoms with Crippen molar-refractivity contribution in [2.75, 3.05) is 0 Å². The van der Waals surface area contributed by atoms with E-state index in [0.717, 1.165) is 61.1 Å². The summed E-state index contributed by atoms with van der Waals surface area (Å²) < 4.78 is 4.60. The van der Waals surface area contributed by atoms with Gasteiger partial charge in [-0.15, -0.1) is 0 Å². The molecule has 0 atom stereocenters. The van der Waals surface area contributed by atoms with Crippen LogP contribution in [0.25, 0.3) is 105 Å². The molecule has 8 aromatic carbocycles. The quantitative estimate of drug-likeness (QED) is 0.163. The van der Waals surface area contributed by atoms with E-state index in [1.807, 2.05) is 12.1 Å². The Labute approximate surface area is 353 Å². The van der Waals surface area contributed by atoms with E-state index in [9.17, 15) is 0 Å². The number of benzene rings is 8. The summed E-state index contributed by atoms with van der Waals surface area (Å²) in [7, 11) is 0. The topological polar surface area (TPSA) is 40.0 Å². The molecule has 0 saturated carbocycles. The molecule has 0 unspecified atom stereocenters. The Hall–Kier alpha value is -8.07. The fourth-order valence-corrected chi connectivity index (χ4v) is 9.77. The monoisotopic (exact) mass is 779 g/mol. The van der Waals surface area contributed by atoms with Gasteiger partial charge in [0.05, 0.1) is 40.0 Å². The van der Waals surface area contributed by atoms with Crippen LogP contribution in [-0.2, 0) is 5.41 Å². The fourth-order valence-electron chi connectivity index (χ4n) is 9.77. The molecule has 286 valence electrons. The predicted octanol–water partition coefficient (Wildman–Crippen LogP) is 14.5. The van der Waals surface area contributed by atoms with Gasteiger partial charge >= 0.3 is 0 Å². The molecule has 0 spiro atoms. The van der Waals surface area contributed by atoms with Crippen molar-refractivity contribution in [1.82, 2.24) is 19.1 Å². The first-order valence-corrected chi connectivity index (χ1v) is 20.7. The van der Waals surface area contributed by atoms with Gasteiger partial charge in [0.15, 0.2) is 5.69 Å². The molecule has 3 aromatic heterocycles. The maximum Gasteiger partial charge on any atom is 0.235 e. The molecule has 0 N–H and O–H groups in total. The van der Waals surface area contributed by atoms with Crippen LogP contribution in [0, 0.1) is 6.57 Å². The molecule has 0 saturated heterocycles. The smallest absolute Gasteiger partial charge is 0.235 e. The summed E-state index contributed by atoms with van der Waals surface area (Å²) >= 11 is 0. The van der Waals surface area contributed by atoms with E-state index in [-0.39, 0.29) is 5.41 Å². The summed E-state index contributed by atoms with van der Waals surface area (Å²) in [6.45, 7) is 12.2. The summed E-state index contributed by atoms with van der Waals surface area (Å²) in [5, 5.41) is 4.74. The minimum Gasteiger partial charge on any atom is -0.309 e. The summed E-state index contributed by atoms with van der Waals surface area (Å²) in [5.41, 5.74) is 16.8. The van der Waals surface area contributed by atoms with E-state index in [1.165, 1.54) is 44.1 Å². The molecule has 5 heteroatoms. The standard InChI is InChI=1S/C56H37N5/c1-56(2)47-31-38(23-26-41(47)42-28-25-39(57-3)33-48(42)56)50-34-49(35-14-6-4-7-15-35)58-55(59-50)61-52-21-13-10-18-43(52)45-27-22-37(32-54(45)61)36-24-29-53-46(30-36)44-19-11-12-20-51(44)60(53)40-16-8-5-9-17-40/h4-34H,1-2H3. The van der Waals surface area contributed by atoms with Crippen LogP contribution in [0.2, 0.25) is 0 Å². The minimum absolute atomic E-state index is 0.276. The average molecular weight is 780 g/mol. The minimum atomic E-state index is -0.276. The molecule has 0 bridgehead atoms. The number of para-hydroxylation sites is 3. The summed E-state index contributed by atoms with van der Waals surface area (Å²) in [4.78, 5) is 14.5. The van der Waals surface area contributed by atoms with E-state index < -0.39 is 0 Å². The zero-order chi connectivity index (χ0) is 40.8. The van der Waals surface area contributed by atoms with E-state index in [4.69, 9.17) is 16.5 Å². The fraction of sp³-hybridized carbons (Fsp3) is 0.0536. The zero-order valence-corrected chi connectivity index (χ0v) is 33.6. The zero-order valence-electron chi connectivity index (χ0n) is 33.6. The number of hydrogen-bond donors (Lipinski definition) is 0. The highest BCUT2D eigenvalue weighted by Crippen LogP contribution is 2.51. The van der Waals surface area contributed by atoms with Crippen molar-refractivity contribution < 1.29 is 0 Å². The second-order valence-corrected chi connectivity index (χ2v) is 16.5. The number of rotatable bonds is 5. The first-order valence-electron chi connectivity index (χ1n) is 20.7. The second-order valence-electron chi connectivity index (χ2n) is 16.5. The van der Waals surface area contributed by atoms with Crippen LogP contribution >= 0.6 is 0 Å². The number of fused-ring (bicyclic) bond motifs is 9. The molecule has 0 amide bonds. The van der Waals surface area contributed by atoms with Crippen LogP contribution in [0.4, 0.5) is 5.69 Å². The highest BCUT2D eigenvalue weighted by Gasteiger charge is 2.36. The highest BCUT2D eigenvalue weighted by atomic mass is 15.2. The molecule has 11 aromatic rings. The largest absolute Gasteiger partial charge is 0.309 e.